The van der Waals surface area contributed by atoms with Gasteiger partial charge in [-0.25, -0.2) is 17.1 Å². The van der Waals surface area contributed by atoms with Crippen LogP contribution < -0.4 is 4.31 Å². The smallest absolute Gasteiger partial charge is 0.256 e. The minimum absolute atomic E-state index is 0.0524. The molecule has 0 unspecified atom stereocenters. The molecule has 3 rings (SSSR count). The topological polar surface area (TPSA) is 91.0 Å². The fourth-order valence-electron chi connectivity index (χ4n) is 2.26. The maximum Gasteiger partial charge on any atom is 0.256 e. The Balaban J connectivity index is 2.12. The minimum Gasteiger partial charge on any atom is -0.502 e. The fourth-order valence-corrected chi connectivity index (χ4v) is 3.76. The predicted molar refractivity (Wildman–Crippen MR) is 73.2 cm³/mol. The summed E-state index contributed by atoms with van der Waals surface area (Å²) in [5.74, 6) is -2.40. The van der Waals surface area contributed by atoms with Crippen LogP contribution in [0.3, 0.4) is 0 Å². The SMILES string of the molecule is O=S1(=O)CCCN1c1oc(-c2cccc(F)c2)c(O)c1O. The molecule has 1 aliphatic heterocycles. The molecule has 8 heteroatoms. The highest BCUT2D eigenvalue weighted by atomic mass is 32.2. The van der Waals surface area contributed by atoms with Crippen molar-refractivity contribution in [3.8, 4) is 22.8 Å². The van der Waals surface area contributed by atoms with Gasteiger partial charge < -0.3 is 14.6 Å². The first-order chi connectivity index (χ1) is 9.90. The number of halogens is 1. The monoisotopic (exact) mass is 313 g/mol. The molecule has 2 heterocycles. The standard InChI is InChI=1S/C13H12FNO5S/c14-9-4-1-3-8(7-9)12-10(16)11(17)13(20-12)15-5-2-6-21(15,18)19/h1,3-4,7,16-17H,2,5-6H2. The van der Waals surface area contributed by atoms with Gasteiger partial charge in [0.05, 0.1) is 5.75 Å². The van der Waals surface area contributed by atoms with Crippen LogP contribution in [0.5, 0.6) is 11.5 Å². The van der Waals surface area contributed by atoms with Crippen molar-refractivity contribution in [2.45, 2.75) is 6.42 Å². The molecule has 1 saturated heterocycles. The molecule has 0 spiro atoms. The Morgan fingerprint density at radius 1 is 1.24 bits per heavy atom. The van der Waals surface area contributed by atoms with E-state index in [4.69, 9.17) is 4.42 Å². The average Bonchev–Trinajstić information content (AvgIpc) is 2.91. The van der Waals surface area contributed by atoms with Crippen LogP contribution in [0.4, 0.5) is 10.3 Å². The normalized spacial score (nSPS) is 17.3. The Hall–Kier alpha value is -2.22. The van der Waals surface area contributed by atoms with E-state index in [1.165, 1.54) is 18.2 Å². The summed E-state index contributed by atoms with van der Waals surface area (Å²) in [5, 5.41) is 19.8. The van der Waals surface area contributed by atoms with E-state index in [-0.39, 0.29) is 29.5 Å². The van der Waals surface area contributed by atoms with Crippen LogP contribution >= 0.6 is 0 Å². The van der Waals surface area contributed by atoms with E-state index < -0.39 is 27.3 Å². The molecular formula is C13H12FNO5S. The number of sulfonamides is 1. The summed E-state index contributed by atoms with van der Waals surface area (Å²) in [5.41, 5.74) is 0.200. The van der Waals surface area contributed by atoms with Crippen molar-refractivity contribution in [1.29, 1.82) is 0 Å². The number of aromatic hydroxyl groups is 2. The van der Waals surface area contributed by atoms with Gasteiger partial charge in [-0.3, -0.25) is 0 Å². The van der Waals surface area contributed by atoms with Crippen molar-refractivity contribution in [2.75, 3.05) is 16.6 Å². The Morgan fingerprint density at radius 2 is 2.00 bits per heavy atom. The van der Waals surface area contributed by atoms with E-state index in [2.05, 4.69) is 0 Å². The number of benzene rings is 1. The third-order valence-corrected chi connectivity index (χ3v) is 5.08. The van der Waals surface area contributed by atoms with E-state index in [0.717, 1.165) is 10.4 Å². The highest BCUT2D eigenvalue weighted by Crippen LogP contribution is 2.48. The first-order valence-electron chi connectivity index (χ1n) is 6.21. The molecule has 2 aromatic rings. The molecule has 0 saturated carbocycles. The quantitative estimate of drug-likeness (QED) is 0.885. The second-order valence-corrected chi connectivity index (χ2v) is 6.70. The molecule has 1 aromatic carbocycles. The molecule has 2 N–H and O–H groups in total. The van der Waals surface area contributed by atoms with Crippen LogP contribution in [-0.4, -0.2) is 30.9 Å². The molecule has 1 aromatic heterocycles. The first-order valence-corrected chi connectivity index (χ1v) is 7.82. The molecule has 1 aliphatic rings. The zero-order valence-electron chi connectivity index (χ0n) is 10.8. The lowest BCUT2D eigenvalue weighted by Crippen LogP contribution is -2.24. The largest absolute Gasteiger partial charge is 0.502 e. The Kier molecular flexibility index (Phi) is 3.05. The van der Waals surface area contributed by atoms with Crippen LogP contribution in [0.25, 0.3) is 11.3 Å². The van der Waals surface area contributed by atoms with Gasteiger partial charge >= 0.3 is 0 Å². The number of hydrogen-bond donors (Lipinski definition) is 2. The van der Waals surface area contributed by atoms with E-state index in [1.807, 2.05) is 0 Å². The second kappa shape index (κ2) is 4.66. The van der Waals surface area contributed by atoms with E-state index in [1.54, 1.807) is 0 Å². The van der Waals surface area contributed by atoms with Gasteiger partial charge in [0.15, 0.2) is 5.76 Å². The average molecular weight is 313 g/mol. The lowest BCUT2D eigenvalue weighted by atomic mass is 10.1. The molecule has 6 nitrogen and oxygen atoms in total. The second-order valence-electron chi connectivity index (χ2n) is 4.69. The maximum absolute atomic E-state index is 13.2. The highest BCUT2D eigenvalue weighted by molar-refractivity contribution is 7.93. The predicted octanol–water partition coefficient (Wildman–Crippen LogP) is 2.04. The van der Waals surface area contributed by atoms with Crippen molar-refractivity contribution in [1.82, 2.24) is 0 Å². The summed E-state index contributed by atoms with van der Waals surface area (Å²) in [4.78, 5) is 0. The number of rotatable bonds is 2. The van der Waals surface area contributed by atoms with Crippen LogP contribution in [0.15, 0.2) is 28.7 Å². The van der Waals surface area contributed by atoms with Crippen LogP contribution in [-0.2, 0) is 10.0 Å². The molecule has 112 valence electrons. The van der Waals surface area contributed by atoms with Gasteiger partial charge in [-0.2, -0.15) is 0 Å². The maximum atomic E-state index is 13.2. The molecular weight excluding hydrogens is 301 g/mol. The summed E-state index contributed by atoms with van der Waals surface area (Å²) < 4.78 is 43.1. The number of hydrogen-bond acceptors (Lipinski definition) is 5. The van der Waals surface area contributed by atoms with Gasteiger partial charge in [0.1, 0.15) is 5.82 Å². The number of anilines is 1. The molecule has 21 heavy (non-hydrogen) atoms. The third kappa shape index (κ3) is 2.21. The molecule has 0 amide bonds. The van der Waals surface area contributed by atoms with Crippen molar-refractivity contribution in [2.24, 2.45) is 0 Å². The zero-order valence-corrected chi connectivity index (χ0v) is 11.6. The van der Waals surface area contributed by atoms with Gasteiger partial charge in [-0.1, -0.05) is 12.1 Å². The van der Waals surface area contributed by atoms with Crippen molar-refractivity contribution >= 4 is 15.9 Å². The van der Waals surface area contributed by atoms with Gasteiger partial charge in [0.2, 0.25) is 21.5 Å². The molecule has 0 aliphatic carbocycles. The Morgan fingerprint density at radius 3 is 2.62 bits per heavy atom. The van der Waals surface area contributed by atoms with E-state index in [0.29, 0.717) is 6.42 Å². The molecule has 1 fully saturated rings. The van der Waals surface area contributed by atoms with Crippen LogP contribution in [0, 0.1) is 5.82 Å². The lowest BCUT2D eigenvalue weighted by Gasteiger charge is -2.12. The van der Waals surface area contributed by atoms with Gasteiger partial charge in [-0.05, 0) is 18.6 Å². The molecule has 0 bridgehead atoms. The fraction of sp³-hybridized carbons (Fsp3) is 0.231. The zero-order chi connectivity index (χ0) is 15.2. The van der Waals surface area contributed by atoms with Crippen LogP contribution in [0.2, 0.25) is 0 Å². The van der Waals surface area contributed by atoms with E-state index in [9.17, 15) is 23.0 Å². The number of nitrogens with zero attached hydrogens (tertiary/aromatic N) is 1. The summed E-state index contributed by atoms with van der Waals surface area (Å²) >= 11 is 0. The van der Waals surface area contributed by atoms with Crippen molar-refractivity contribution < 1.29 is 27.4 Å². The Labute approximate surface area is 120 Å². The summed E-state index contributed by atoms with van der Waals surface area (Å²) in [6, 6.07) is 5.22. The van der Waals surface area contributed by atoms with Gasteiger partial charge in [0.25, 0.3) is 5.88 Å². The summed E-state index contributed by atoms with van der Waals surface area (Å²) in [7, 11) is -3.56. The highest BCUT2D eigenvalue weighted by Gasteiger charge is 2.35. The first kappa shape index (κ1) is 13.7. The van der Waals surface area contributed by atoms with Crippen LogP contribution in [0.1, 0.15) is 6.42 Å². The number of furan rings is 1. The van der Waals surface area contributed by atoms with E-state index >= 15 is 0 Å². The van der Waals surface area contributed by atoms with Crippen molar-refractivity contribution in [3.05, 3.63) is 30.1 Å². The van der Waals surface area contributed by atoms with Crippen molar-refractivity contribution in [3.63, 3.8) is 0 Å². The molecule has 0 radical (unpaired) electrons. The van der Waals surface area contributed by atoms with Gasteiger partial charge in [-0.15, -0.1) is 0 Å². The molecule has 0 atom stereocenters. The lowest BCUT2D eigenvalue weighted by molar-refractivity contribution is 0.409. The minimum atomic E-state index is -3.56. The third-order valence-electron chi connectivity index (χ3n) is 3.25. The van der Waals surface area contributed by atoms with Gasteiger partial charge in [0, 0.05) is 12.1 Å². The summed E-state index contributed by atoms with van der Waals surface area (Å²) in [6.45, 7) is 0.158. The summed E-state index contributed by atoms with van der Waals surface area (Å²) in [6.07, 6.45) is 0.401. The Bertz CT molecular complexity index is 799.